The molecule has 0 spiro atoms. The maximum Gasteiger partial charge on any atom is 0.306 e. The molecular formula is C61H98O6. The lowest BCUT2D eigenvalue weighted by molar-refractivity contribution is -0.166. The highest BCUT2D eigenvalue weighted by atomic mass is 16.6. The minimum atomic E-state index is -0.825. The number of ether oxygens (including phenoxy) is 3. The first kappa shape index (κ1) is 62.8. The van der Waals surface area contributed by atoms with E-state index >= 15 is 0 Å². The van der Waals surface area contributed by atoms with Crippen LogP contribution in [0.15, 0.2) is 122 Å². The van der Waals surface area contributed by atoms with E-state index in [2.05, 4.69) is 130 Å². The zero-order valence-electron chi connectivity index (χ0n) is 43.1. The van der Waals surface area contributed by atoms with Crippen LogP contribution in [0, 0.1) is 0 Å². The van der Waals surface area contributed by atoms with Gasteiger partial charge in [-0.05, 0) is 122 Å². The van der Waals surface area contributed by atoms with Crippen molar-refractivity contribution in [3.05, 3.63) is 122 Å². The van der Waals surface area contributed by atoms with Crippen molar-refractivity contribution in [1.29, 1.82) is 0 Å². The third kappa shape index (κ3) is 52.6. The van der Waals surface area contributed by atoms with Crippen LogP contribution in [-0.4, -0.2) is 37.2 Å². The third-order valence-electron chi connectivity index (χ3n) is 10.9. The summed E-state index contributed by atoms with van der Waals surface area (Å²) in [4.78, 5) is 38.0. The van der Waals surface area contributed by atoms with Gasteiger partial charge in [-0.1, -0.05) is 206 Å². The summed E-state index contributed by atoms with van der Waals surface area (Å²) < 4.78 is 16.7. The molecule has 378 valence electrons. The molecule has 0 bridgehead atoms. The van der Waals surface area contributed by atoms with Gasteiger partial charge in [-0.15, -0.1) is 0 Å². The molecule has 0 heterocycles. The molecule has 0 aliphatic carbocycles. The van der Waals surface area contributed by atoms with E-state index in [-0.39, 0.29) is 37.5 Å². The minimum Gasteiger partial charge on any atom is -0.462 e. The zero-order valence-corrected chi connectivity index (χ0v) is 43.1. The highest BCUT2D eigenvalue weighted by Gasteiger charge is 2.19. The van der Waals surface area contributed by atoms with Gasteiger partial charge in [0.1, 0.15) is 13.2 Å². The van der Waals surface area contributed by atoms with Crippen molar-refractivity contribution in [3.8, 4) is 0 Å². The van der Waals surface area contributed by atoms with Crippen LogP contribution in [-0.2, 0) is 28.6 Å². The molecule has 0 aliphatic heterocycles. The van der Waals surface area contributed by atoms with Crippen LogP contribution in [0.3, 0.4) is 0 Å². The Morgan fingerprint density at radius 1 is 0.313 bits per heavy atom. The molecule has 0 radical (unpaired) electrons. The van der Waals surface area contributed by atoms with Crippen LogP contribution in [0.1, 0.15) is 226 Å². The van der Waals surface area contributed by atoms with Gasteiger partial charge in [0, 0.05) is 19.3 Å². The van der Waals surface area contributed by atoms with E-state index in [1.54, 1.807) is 0 Å². The highest BCUT2D eigenvalue weighted by molar-refractivity contribution is 5.71. The van der Waals surface area contributed by atoms with Gasteiger partial charge >= 0.3 is 17.9 Å². The Bertz CT molecular complexity index is 1440. The molecule has 67 heavy (non-hydrogen) atoms. The Morgan fingerprint density at radius 2 is 0.612 bits per heavy atom. The molecule has 0 N–H and O–H groups in total. The van der Waals surface area contributed by atoms with Gasteiger partial charge in [0.05, 0.1) is 0 Å². The second-order valence-corrected chi connectivity index (χ2v) is 17.4. The summed E-state index contributed by atoms with van der Waals surface area (Å²) in [5, 5.41) is 0. The first-order valence-corrected chi connectivity index (χ1v) is 27.0. The summed E-state index contributed by atoms with van der Waals surface area (Å²) in [5.74, 6) is -1.04. The van der Waals surface area contributed by atoms with E-state index in [1.807, 2.05) is 12.2 Å². The number of esters is 3. The zero-order chi connectivity index (χ0) is 48.6. The fourth-order valence-electron chi connectivity index (χ4n) is 6.88. The van der Waals surface area contributed by atoms with Crippen molar-refractivity contribution in [2.45, 2.75) is 232 Å². The van der Waals surface area contributed by atoms with Gasteiger partial charge < -0.3 is 14.2 Å². The fourth-order valence-corrected chi connectivity index (χ4v) is 6.88. The molecule has 0 aliphatic rings. The van der Waals surface area contributed by atoms with E-state index in [9.17, 15) is 14.4 Å². The Labute approximate surface area is 412 Å². The van der Waals surface area contributed by atoms with Crippen LogP contribution in [0.5, 0.6) is 0 Å². The maximum atomic E-state index is 12.8. The number of allylic oxidation sites excluding steroid dienone is 20. The van der Waals surface area contributed by atoms with Gasteiger partial charge in [0.2, 0.25) is 0 Å². The lowest BCUT2D eigenvalue weighted by Crippen LogP contribution is -2.30. The first-order valence-electron chi connectivity index (χ1n) is 27.0. The van der Waals surface area contributed by atoms with E-state index in [1.165, 1.54) is 64.2 Å². The summed E-state index contributed by atoms with van der Waals surface area (Å²) in [7, 11) is 0. The van der Waals surface area contributed by atoms with Gasteiger partial charge in [-0.25, -0.2) is 0 Å². The maximum absolute atomic E-state index is 12.8. The Hall–Kier alpha value is -4.19. The van der Waals surface area contributed by atoms with Crippen LogP contribution in [0.4, 0.5) is 0 Å². The topological polar surface area (TPSA) is 78.9 Å². The smallest absolute Gasteiger partial charge is 0.306 e. The van der Waals surface area contributed by atoms with E-state index in [4.69, 9.17) is 14.2 Å². The molecule has 0 aromatic heterocycles. The molecule has 0 aromatic carbocycles. The number of hydrogen-bond acceptors (Lipinski definition) is 6. The van der Waals surface area contributed by atoms with Crippen molar-refractivity contribution in [2.24, 2.45) is 0 Å². The van der Waals surface area contributed by atoms with Crippen LogP contribution < -0.4 is 0 Å². The van der Waals surface area contributed by atoms with E-state index in [0.717, 1.165) is 116 Å². The molecular weight excluding hydrogens is 829 g/mol. The van der Waals surface area contributed by atoms with Crippen molar-refractivity contribution >= 4 is 17.9 Å². The summed E-state index contributed by atoms with van der Waals surface area (Å²) in [6, 6.07) is 0. The fraction of sp³-hybridized carbons (Fsp3) is 0.623. The van der Waals surface area contributed by atoms with Crippen molar-refractivity contribution in [2.75, 3.05) is 13.2 Å². The van der Waals surface area contributed by atoms with Crippen molar-refractivity contribution in [3.63, 3.8) is 0 Å². The Kier molecular flexibility index (Phi) is 51.0. The summed E-state index contributed by atoms with van der Waals surface area (Å²) in [6.45, 7) is 6.38. The molecule has 0 fully saturated rings. The number of carbonyl (C=O) groups excluding carboxylic acids is 3. The average molecular weight is 927 g/mol. The molecule has 0 saturated heterocycles. The lowest BCUT2D eigenvalue weighted by Gasteiger charge is -2.18. The second-order valence-electron chi connectivity index (χ2n) is 17.4. The Morgan fingerprint density at radius 3 is 1.04 bits per heavy atom. The average Bonchev–Trinajstić information content (AvgIpc) is 3.33. The van der Waals surface area contributed by atoms with E-state index in [0.29, 0.717) is 19.3 Å². The monoisotopic (exact) mass is 927 g/mol. The molecule has 0 aromatic rings. The summed E-state index contributed by atoms with van der Waals surface area (Å²) in [6.07, 6.45) is 74.8. The molecule has 6 heteroatoms. The second kappa shape index (κ2) is 54.4. The molecule has 1 atom stereocenters. The molecule has 6 nitrogen and oxygen atoms in total. The largest absolute Gasteiger partial charge is 0.462 e. The van der Waals surface area contributed by atoms with Crippen molar-refractivity contribution in [1.82, 2.24) is 0 Å². The minimum absolute atomic E-state index is 0.119. The van der Waals surface area contributed by atoms with Crippen molar-refractivity contribution < 1.29 is 28.6 Å². The predicted octanol–water partition coefficient (Wildman–Crippen LogP) is 18.1. The van der Waals surface area contributed by atoms with E-state index < -0.39 is 6.10 Å². The van der Waals surface area contributed by atoms with Crippen LogP contribution in [0.2, 0.25) is 0 Å². The van der Waals surface area contributed by atoms with Gasteiger partial charge in [-0.3, -0.25) is 14.4 Å². The van der Waals surface area contributed by atoms with Crippen LogP contribution in [0.25, 0.3) is 0 Å². The normalized spacial score (nSPS) is 13.1. The quantitative estimate of drug-likeness (QED) is 0.0262. The first-order chi connectivity index (χ1) is 33.0. The third-order valence-corrected chi connectivity index (χ3v) is 10.9. The molecule has 0 unspecified atom stereocenters. The number of unbranched alkanes of at least 4 members (excludes halogenated alkanes) is 16. The predicted molar refractivity (Wildman–Crippen MR) is 288 cm³/mol. The Balaban J connectivity index is 4.56. The SMILES string of the molecule is CC/C=C\C/C=C\C/C=C\C/C=C\C/C=C\C/C=C\CCC(=O)OC[C@H](COC(=O)CCCCCC/C=C\C/C=C\C/C=C\CCCCC)OC(=O)CCCCCCC/C=C\CCCCCC. The van der Waals surface area contributed by atoms with Gasteiger partial charge in [0.15, 0.2) is 6.10 Å². The van der Waals surface area contributed by atoms with Crippen LogP contribution >= 0.6 is 0 Å². The van der Waals surface area contributed by atoms with Gasteiger partial charge in [0.25, 0.3) is 0 Å². The number of hydrogen-bond donors (Lipinski definition) is 0. The summed E-state index contributed by atoms with van der Waals surface area (Å²) in [5.41, 5.74) is 0. The van der Waals surface area contributed by atoms with Gasteiger partial charge in [-0.2, -0.15) is 0 Å². The summed E-state index contributed by atoms with van der Waals surface area (Å²) >= 11 is 0. The molecule has 0 rings (SSSR count). The number of carbonyl (C=O) groups is 3. The standard InChI is InChI=1S/C61H98O6/c1-4-7-10-13-16-19-22-25-27-29-30-32-34-37-39-42-45-48-51-54-60(63)66-57-58(67-61(64)55-52-49-46-43-40-35-24-21-18-15-12-9-6-3)56-65-59(62)53-50-47-44-41-38-36-33-31-28-26-23-20-17-14-11-8-5-2/h7,10,16-17,19-21,24-28,30,32-33,36-37,39,45,48,58H,4-6,8-9,11-15,18,22-23,29,31,34-35,38,40-44,46-47,49-57H2,1-3H3/b10-7-,19-16-,20-17-,24-21-,27-25-,28-26-,32-30-,36-33-,39-37-,48-45-/t58-/m0/s1. The molecule has 0 amide bonds. The molecule has 0 saturated carbocycles. The number of rotatable bonds is 47. The highest BCUT2D eigenvalue weighted by Crippen LogP contribution is 2.12. The lowest BCUT2D eigenvalue weighted by atomic mass is 10.1.